The first-order valence-electron chi connectivity index (χ1n) is 6.05. The van der Waals surface area contributed by atoms with E-state index in [1.54, 1.807) is 19.0 Å². The molecule has 0 spiro atoms. The van der Waals surface area contributed by atoms with Gasteiger partial charge < -0.3 is 4.90 Å². The Morgan fingerprint density at radius 2 is 1.89 bits per heavy atom. The van der Waals surface area contributed by atoms with Gasteiger partial charge in [-0.15, -0.1) is 0 Å². The van der Waals surface area contributed by atoms with Gasteiger partial charge in [0.15, 0.2) is 0 Å². The van der Waals surface area contributed by atoms with Crippen LogP contribution in [0.25, 0.3) is 0 Å². The highest BCUT2D eigenvalue weighted by molar-refractivity contribution is 6.91. The topological polar surface area (TPSA) is 44.1 Å². The van der Waals surface area contributed by atoms with Crippen molar-refractivity contribution in [3.05, 3.63) is 30.3 Å². The Balaban J connectivity index is 2.95. The van der Waals surface area contributed by atoms with Crippen LogP contribution in [-0.4, -0.2) is 33.0 Å². The molecule has 0 saturated heterocycles. The molecular weight excluding hydrogens is 240 g/mol. The summed E-state index contributed by atoms with van der Waals surface area (Å²) in [7, 11) is 1.53. The summed E-state index contributed by atoms with van der Waals surface area (Å²) in [4.78, 5) is 13.3. The lowest BCUT2D eigenvalue weighted by atomic mass is 10.3. The van der Waals surface area contributed by atoms with Gasteiger partial charge in [0, 0.05) is 20.5 Å². The van der Waals surface area contributed by atoms with Gasteiger partial charge in [-0.05, 0) is 0 Å². The lowest BCUT2D eigenvalue weighted by Crippen LogP contribution is -2.46. The second-order valence-corrected chi connectivity index (χ2v) is 9.98. The Hall–Kier alpha value is -1.60. The van der Waals surface area contributed by atoms with Gasteiger partial charge in [0.2, 0.25) is 5.91 Å². The summed E-state index contributed by atoms with van der Waals surface area (Å²) in [6, 6.07) is 12.4. The number of amides is 1. The summed E-state index contributed by atoms with van der Waals surface area (Å²) >= 11 is 0. The van der Waals surface area contributed by atoms with Crippen LogP contribution in [0.2, 0.25) is 18.6 Å². The normalized spacial score (nSPS) is 12.6. The molecule has 96 valence electrons. The summed E-state index contributed by atoms with van der Waals surface area (Å²) in [5, 5.41) is 10.6. The Kier molecular flexibility index (Phi) is 4.68. The van der Waals surface area contributed by atoms with E-state index in [2.05, 4.69) is 31.3 Å². The van der Waals surface area contributed by atoms with Crippen molar-refractivity contribution in [2.24, 2.45) is 0 Å². The van der Waals surface area contributed by atoms with Crippen molar-refractivity contribution in [2.75, 3.05) is 14.1 Å². The van der Waals surface area contributed by atoms with Gasteiger partial charge in [0.1, 0.15) is 0 Å². The number of nitrogens with zero attached hydrogens (tertiary/aromatic N) is 2. The second kappa shape index (κ2) is 5.83. The Morgan fingerprint density at radius 1 is 1.33 bits per heavy atom. The highest BCUT2D eigenvalue weighted by atomic mass is 28.3. The fourth-order valence-electron chi connectivity index (χ4n) is 1.89. The summed E-state index contributed by atoms with van der Waals surface area (Å²) in [5.41, 5.74) is -0.185. The smallest absolute Gasteiger partial charge is 0.223 e. The number of hydrogen-bond acceptors (Lipinski definition) is 2. The first-order chi connectivity index (χ1) is 8.39. The summed E-state index contributed by atoms with van der Waals surface area (Å²) in [6.07, 6.45) is 0.317. The van der Waals surface area contributed by atoms with Crippen molar-refractivity contribution in [1.82, 2.24) is 4.90 Å². The van der Waals surface area contributed by atoms with Gasteiger partial charge in [-0.25, -0.2) is 0 Å². The highest BCUT2D eigenvalue weighted by Crippen LogP contribution is 2.25. The number of hydrogen-bond donors (Lipinski definition) is 0. The average Bonchev–Trinajstić information content (AvgIpc) is 2.36. The van der Waals surface area contributed by atoms with Crippen LogP contribution < -0.4 is 5.19 Å². The van der Waals surface area contributed by atoms with Gasteiger partial charge in [0.25, 0.3) is 0 Å². The first-order valence-corrected chi connectivity index (χ1v) is 9.12. The van der Waals surface area contributed by atoms with E-state index in [-0.39, 0.29) is 11.4 Å². The van der Waals surface area contributed by atoms with Crippen molar-refractivity contribution in [2.45, 2.75) is 25.1 Å². The van der Waals surface area contributed by atoms with E-state index in [0.29, 0.717) is 6.42 Å². The van der Waals surface area contributed by atoms with Crippen molar-refractivity contribution in [3.63, 3.8) is 0 Å². The lowest BCUT2D eigenvalue weighted by Gasteiger charge is -2.28. The number of carbonyl (C=O) groups excluding carboxylic acids is 1. The third-order valence-corrected chi connectivity index (χ3v) is 7.32. The highest BCUT2D eigenvalue weighted by Gasteiger charge is 2.35. The van der Waals surface area contributed by atoms with Crippen molar-refractivity contribution < 1.29 is 4.79 Å². The maximum absolute atomic E-state index is 11.8. The zero-order valence-corrected chi connectivity index (χ0v) is 12.5. The maximum Gasteiger partial charge on any atom is 0.223 e. The fourth-order valence-corrected chi connectivity index (χ4v) is 4.35. The zero-order chi connectivity index (χ0) is 13.8. The van der Waals surface area contributed by atoms with Gasteiger partial charge >= 0.3 is 0 Å². The number of nitriles is 1. The summed E-state index contributed by atoms with van der Waals surface area (Å²) in [6.45, 7) is 4.30. The molecule has 0 aliphatic rings. The Labute approximate surface area is 110 Å². The Bertz CT molecular complexity index is 449. The van der Waals surface area contributed by atoms with Crippen LogP contribution >= 0.6 is 0 Å². The minimum absolute atomic E-state index is 0.0260. The molecule has 0 aliphatic heterocycles. The molecule has 0 heterocycles. The molecule has 1 unspecified atom stereocenters. The van der Waals surface area contributed by atoms with Crippen LogP contribution in [0.15, 0.2) is 30.3 Å². The number of benzene rings is 1. The first kappa shape index (κ1) is 14.5. The van der Waals surface area contributed by atoms with Gasteiger partial charge in [-0.3, -0.25) is 4.79 Å². The molecule has 0 bridgehead atoms. The van der Waals surface area contributed by atoms with E-state index >= 15 is 0 Å². The Morgan fingerprint density at radius 3 is 2.33 bits per heavy atom. The fraction of sp³-hybridized carbons (Fsp3) is 0.429. The summed E-state index contributed by atoms with van der Waals surface area (Å²) in [5.74, 6) is 0.0260. The average molecular weight is 260 g/mol. The quantitative estimate of drug-likeness (QED) is 0.777. The minimum atomic E-state index is -1.93. The third-order valence-electron chi connectivity index (χ3n) is 3.42. The van der Waals surface area contributed by atoms with Crippen LogP contribution in [0, 0.1) is 11.3 Å². The molecule has 0 aromatic heterocycles. The molecule has 0 aliphatic carbocycles. The predicted octanol–water partition coefficient (Wildman–Crippen LogP) is 1.97. The van der Waals surface area contributed by atoms with E-state index in [4.69, 9.17) is 0 Å². The molecule has 1 aromatic rings. The molecule has 0 N–H and O–H groups in total. The largest absolute Gasteiger partial charge is 0.349 e. The third kappa shape index (κ3) is 3.20. The van der Waals surface area contributed by atoms with Crippen molar-refractivity contribution in [1.29, 1.82) is 5.26 Å². The molecule has 1 atom stereocenters. The van der Waals surface area contributed by atoms with Crippen LogP contribution in [0.3, 0.4) is 0 Å². The molecule has 4 heteroatoms. The van der Waals surface area contributed by atoms with Crippen LogP contribution in [0.4, 0.5) is 0 Å². The predicted molar refractivity (Wildman–Crippen MR) is 76.2 cm³/mol. The monoisotopic (exact) mass is 260 g/mol. The van der Waals surface area contributed by atoms with E-state index in [9.17, 15) is 10.1 Å². The molecule has 1 rings (SSSR count). The molecule has 0 saturated carbocycles. The summed E-state index contributed by atoms with van der Waals surface area (Å²) < 4.78 is 0. The lowest BCUT2D eigenvalue weighted by molar-refractivity contribution is -0.128. The molecule has 1 aromatic carbocycles. The van der Waals surface area contributed by atoms with Gasteiger partial charge in [0.05, 0.1) is 19.7 Å². The molecule has 1 amide bonds. The van der Waals surface area contributed by atoms with Crippen LogP contribution in [0.5, 0.6) is 0 Å². The SMILES string of the molecule is CN(C)C(=O)CC(C#N)[Si](C)(C)c1ccccc1. The van der Waals surface area contributed by atoms with E-state index in [1.165, 1.54) is 5.19 Å². The molecular formula is C14H20N2OSi. The molecule has 18 heavy (non-hydrogen) atoms. The van der Waals surface area contributed by atoms with E-state index in [0.717, 1.165) is 0 Å². The molecule has 0 radical (unpaired) electrons. The number of rotatable bonds is 4. The van der Waals surface area contributed by atoms with Crippen LogP contribution in [-0.2, 0) is 4.79 Å². The minimum Gasteiger partial charge on any atom is -0.349 e. The van der Waals surface area contributed by atoms with Gasteiger partial charge in [-0.1, -0.05) is 48.6 Å². The number of carbonyl (C=O) groups is 1. The van der Waals surface area contributed by atoms with Crippen molar-refractivity contribution >= 4 is 19.2 Å². The molecule has 3 nitrogen and oxygen atoms in total. The molecule has 0 fully saturated rings. The van der Waals surface area contributed by atoms with E-state index < -0.39 is 8.07 Å². The van der Waals surface area contributed by atoms with E-state index in [1.807, 2.05) is 18.2 Å². The standard InChI is InChI=1S/C14H20N2OSi/c1-16(2)14(17)10-13(11-15)18(3,4)12-8-6-5-7-9-12/h5-9,13H,10H2,1-4H3. The maximum atomic E-state index is 11.8. The van der Waals surface area contributed by atoms with Gasteiger partial charge in [-0.2, -0.15) is 5.26 Å². The van der Waals surface area contributed by atoms with Crippen molar-refractivity contribution in [3.8, 4) is 6.07 Å². The van der Waals surface area contributed by atoms with Crippen LogP contribution in [0.1, 0.15) is 6.42 Å². The second-order valence-electron chi connectivity index (χ2n) is 5.26. The zero-order valence-electron chi connectivity index (χ0n) is 11.5.